The van der Waals surface area contributed by atoms with E-state index in [-0.39, 0.29) is 5.97 Å². The molecule has 0 amide bonds. The van der Waals surface area contributed by atoms with Gasteiger partial charge in [-0.25, -0.2) is 14.8 Å². The molecule has 156 valence electrons. The first kappa shape index (κ1) is 19.0. The number of hydrogen-bond donors (Lipinski definition) is 0. The smallest absolute Gasteiger partial charge is 0.341 e. The summed E-state index contributed by atoms with van der Waals surface area (Å²) in [6.45, 7) is 7.12. The number of carbonyl (C=O) groups excluding carboxylic acids is 1. The van der Waals surface area contributed by atoms with E-state index in [1.807, 2.05) is 12.3 Å². The Labute approximate surface area is 175 Å². The highest BCUT2D eigenvalue weighted by Crippen LogP contribution is 2.41. The van der Waals surface area contributed by atoms with E-state index in [0.717, 1.165) is 44.7 Å². The first-order valence-electron chi connectivity index (χ1n) is 10.4. The summed E-state index contributed by atoms with van der Waals surface area (Å²) in [6, 6.07) is 4.10. The maximum Gasteiger partial charge on any atom is 0.341 e. The van der Waals surface area contributed by atoms with Crippen molar-refractivity contribution in [1.29, 1.82) is 0 Å². The Morgan fingerprint density at radius 1 is 1.20 bits per heavy atom. The SMILES string of the molecule is CCOC(=O)c1cnc(N2CCC3(CN(Cc4cn(C)c5cccnc45)C3)C2)nc1. The second kappa shape index (κ2) is 7.36. The number of aromatic nitrogens is 4. The topological polar surface area (TPSA) is 76.4 Å². The van der Waals surface area contributed by atoms with Crippen LogP contribution in [-0.4, -0.2) is 63.2 Å². The summed E-state index contributed by atoms with van der Waals surface area (Å²) in [7, 11) is 2.08. The van der Waals surface area contributed by atoms with Crippen molar-refractivity contribution < 1.29 is 9.53 Å². The molecule has 0 radical (unpaired) electrons. The van der Waals surface area contributed by atoms with Gasteiger partial charge in [0.2, 0.25) is 5.95 Å². The highest BCUT2D eigenvalue weighted by Gasteiger charge is 2.48. The molecule has 2 saturated heterocycles. The van der Waals surface area contributed by atoms with Crippen LogP contribution in [-0.2, 0) is 18.3 Å². The van der Waals surface area contributed by atoms with Gasteiger partial charge in [0.05, 0.1) is 23.2 Å². The van der Waals surface area contributed by atoms with E-state index < -0.39 is 0 Å². The summed E-state index contributed by atoms with van der Waals surface area (Å²) in [6.07, 6.45) is 8.33. The molecule has 3 aromatic heterocycles. The lowest BCUT2D eigenvalue weighted by atomic mass is 9.79. The number of esters is 1. The lowest BCUT2D eigenvalue weighted by Gasteiger charge is -2.48. The zero-order valence-corrected chi connectivity index (χ0v) is 17.4. The fourth-order valence-corrected chi connectivity index (χ4v) is 4.83. The van der Waals surface area contributed by atoms with Crippen LogP contribution in [0.1, 0.15) is 29.3 Å². The van der Waals surface area contributed by atoms with Crippen molar-refractivity contribution in [2.45, 2.75) is 19.9 Å². The first-order valence-corrected chi connectivity index (χ1v) is 10.4. The lowest BCUT2D eigenvalue weighted by Crippen LogP contribution is -2.56. The number of pyridine rings is 1. The van der Waals surface area contributed by atoms with E-state index in [2.05, 4.69) is 48.6 Å². The van der Waals surface area contributed by atoms with E-state index >= 15 is 0 Å². The van der Waals surface area contributed by atoms with Crippen molar-refractivity contribution in [1.82, 2.24) is 24.4 Å². The van der Waals surface area contributed by atoms with Gasteiger partial charge in [0, 0.05) is 75.5 Å². The molecule has 8 heteroatoms. The molecule has 2 fully saturated rings. The van der Waals surface area contributed by atoms with Gasteiger partial charge in [-0.15, -0.1) is 0 Å². The van der Waals surface area contributed by atoms with Gasteiger partial charge in [-0.3, -0.25) is 9.88 Å². The molecule has 0 atom stereocenters. The van der Waals surface area contributed by atoms with Crippen LogP contribution in [0, 0.1) is 5.41 Å². The molecule has 0 unspecified atom stereocenters. The van der Waals surface area contributed by atoms with Gasteiger partial charge in [-0.1, -0.05) is 0 Å². The summed E-state index contributed by atoms with van der Waals surface area (Å²) in [5.41, 5.74) is 4.27. The molecule has 0 aromatic carbocycles. The molecule has 5 rings (SSSR count). The van der Waals surface area contributed by atoms with E-state index in [1.54, 1.807) is 19.3 Å². The van der Waals surface area contributed by atoms with Crippen LogP contribution in [0.25, 0.3) is 11.0 Å². The van der Waals surface area contributed by atoms with Gasteiger partial charge in [-0.05, 0) is 25.5 Å². The minimum atomic E-state index is -0.375. The normalized spacial score (nSPS) is 18.1. The van der Waals surface area contributed by atoms with Gasteiger partial charge in [-0.2, -0.15) is 0 Å². The maximum atomic E-state index is 11.8. The fourth-order valence-electron chi connectivity index (χ4n) is 4.83. The molecular weight excluding hydrogens is 380 g/mol. The van der Waals surface area contributed by atoms with Crippen molar-refractivity contribution >= 4 is 23.0 Å². The highest BCUT2D eigenvalue weighted by molar-refractivity contribution is 5.88. The average Bonchev–Trinajstić information content (AvgIpc) is 3.31. The summed E-state index contributed by atoms with van der Waals surface area (Å²) in [5.74, 6) is 0.316. The maximum absolute atomic E-state index is 11.8. The van der Waals surface area contributed by atoms with Gasteiger partial charge in [0.15, 0.2) is 0 Å². The third-order valence-corrected chi connectivity index (χ3v) is 6.20. The van der Waals surface area contributed by atoms with Crippen LogP contribution in [0.15, 0.2) is 36.9 Å². The average molecular weight is 406 g/mol. The van der Waals surface area contributed by atoms with Crippen LogP contribution in [0.3, 0.4) is 0 Å². The Kier molecular flexibility index (Phi) is 4.66. The van der Waals surface area contributed by atoms with E-state index in [4.69, 9.17) is 4.74 Å². The molecular formula is C22H26N6O2. The predicted octanol–water partition coefficient (Wildman–Crippen LogP) is 2.25. The standard InChI is InChI=1S/C22H26N6O2/c1-3-30-20(29)16-9-24-21(25-10-16)28-8-6-22(15-28)13-27(14-22)12-17-11-26(2)18-5-4-7-23-19(17)18/h4-5,7,9-11H,3,6,8,12-15H2,1-2H3. The zero-order valence-electron chi connectivity index (χ0n) is 17.4. The van der Waals surface area contributed by atoms with Gasteiger partial charge >= 0.3 is 5.97 Å². The first-order chi connectivity index (χ1) is 14.6. The van der Waals surface area contributed by atoms with Crippen LogP contribution in [0.2, 0.25) is 0 Å². The van der Waals surface area contributed by atoms with Crippen LogP contribution in [0.5, 0.6) is 0 Å². The van der Waals surface area contributed by atoms with Crippen LogP contribution < -0.4 is 4.90 Å². The molecule has 1 spiro atoms. The van der Waals surface area contributed by atoms with Crippen molar-refractivity contribution in [3.8, 4) is 0 Å². The Bertz CT molecular complexity index is 1070. The van der Waals surface area contributed by atoms with Crippen molar-refractivity contribution in [2.75, 3.05) is 37.7 Å². The molecule has 2 aliphatic heterocycles. The van der Waals surface area contributed by atoms with Crippen molar-refractivity contribution in [3.63, 3.8) is 0 Å². The molecule has 8 nitrogen and oxygen atoms in total. The predicted molar refractivity (Wildman–Crippen MR) is 113 cm³/mol. The molecule has 0 N–H and O–H groups in total. The van der Waals surface area contributed by atoms with Crippen LogP contribution >= 0.6 is 0 Å². The second-order valence-corrected chi connectivity index (χ2v) is 8.45. The Hall–Kier alpha value is -3.00. The largest absolute Gasteiger partial charge is 0.462 e. The number of likely N-dealkylation sites (tertiary alicyclic amines) is 1. The zero-order chi connectivity index (χ0) is 20.7. The second-order valence-electron chi connectivity index (χ2n) is 8.45. The van der Waals surface area contributed by atoms with Gasteiger partial charge in [0.25, 0.3) is 0 Å². The molecule has 0 bridgehead atoms. The summed E-state index contributed by atoms with van der Waals surface area (Å²) >= 11 is 0. The van der Waals surface area contributed by atoms with Gasteiger partial charge < -0.3 is 14.2 Å². The number of anilines is 1. The third kappa shape index (κ3) is 3.31. The molecule has 0 aliphatic carbocycles. The lowest BCUT2D eigenvalue weighted by molar-refractivity contribution is 0.0119. The Balaban J connectivity index is 1.20. The monoisotopic (exact) mass is 406 g/mol. The van der Waals surface area contributed by atoms with Crippen molar-refractivity contribution in [2.24, 2.45) is 12.5 Å². The molecule has 5 heterocycles. The minimum Gasteiger partial charge on any atom is -0.462 e. The summed E-state index contributed by atoms with van der Waals surface area (Å²) < 4.78 is 7.15. The minimum absolute atomic E-state index is 0.307. The number of hydrogen-bond acceptors (Lipinski definition) is 7. The molecule has 2 aliphatic rings. The number of aryl methyl sites for hydroxylation is 1. The molecule has 30 heavy (non-hydrogen) atoms. The number of rotatable bonds is 5. The molecule has 0 saturated carbocycles. The third-order valence-electron chi connectivity index (χ3n) is 6.20. The summed E-state index contributed by atoms with van der Waals surface area (Å²) in [4.78, 5) is 29.9. The number of nitrogens with zero attached hydrogens (tertiary/aromatic N) is 6. The quantitative estimate of drug-likeness (QED) is 0.602. The van der Waals surface area contributed by atoms with Crippen molar-refractivity contribution in [3.05, 3.63) is 48.0 Å². The highest BCUT2D eigenvalue weighted by atomic mass is 16.5. The Morgan fingerprint density at radius 2 is 2.00 bits per heavy atom. The Morgan fingerprint density at radius 3 is 2.77 bits per heavy atom. The van der Waals surface area contributed by atoms with E-state index in [0.29, 0.717) is 23.5 Å². The number of fused-ring (bicyclic) bond motifs is 1. The van der Waals surface area contributed by atoms with Crippen LogP contribution in [0.4, 0.5) is 5.95 Å². The number of ether oxygens (including phenoxy) is 1. The summed E-state index contributed by atoms with van der Waals surface area (Å²) in [5, 5.41) is 0. The molecule has 3 aromatic rings. The van der Waals surface area contributed by atoms with Gasteiger partial charge in [0.1, 0.15) is 0 Å². The van der Waals surface area contributed by atoms with E-state index in [1.165, 1.54) is 11.1 Å². The van der Waals surface area contributed by atoms with E-state index in [9.17, 15) is 4.79 Å². The fraction of sp³-hybridized carbons (Fsp3) is 0.455. The number of carbonyl (C=O) groups is 1.